The van der Waals surface area contributed by atoms with Gasteiger partial charge < -0.3 is 15.7 Å². The van der Waals surface area contributed by atoms with Crippen LogP contribution >= 0.6 is 0 Å². The minimum absolute atomic E-state index is 0.102. The number of ether oxygens (including phenoxy) is 1. The minimum Gasteiger partial charge on any atom is -0.409 e. The first-order chi connectivity index (χ1) is 9.29. The Labute approximate surface area is 112 Å². The fourth-order valence-corrected chi connectivity index (χ4v) is 1.74. The molecule has 0 saturated carbocycles. The van der Waals surface area contributed by atoms with Crippen molar-refractivity contribution in [1.29, 1.82) is 0 Å². The largest absolute Gasteiger partial charge is 0.409 e. The van der Waals surface area contributed by atoms with Crippen LogP contribution in [0.3, 0.4) is 0 Å². The van der Waals surface area contributed by atoms with E-state index in [0.29, 0.717) is 18.8 Å². The van der Waals surface area contributed by atoms with Crippen LogP contribution in [-0.4, -0.2) is 11.0 Å². The van der Waals surface area contributed by atoms with Gasteiger partial charge in [-0.05, 0) is 17.2 Å². The predicted molar refractivity (Wildman–Crippen MR) is 73.9 cm³/mol. The van der Waals surface area contributed by atoms with Gasteiger partial charge in [0.05, 0.1) is 13.2 Å². The Morgan fingerprint density at radius 2 is 1.68 bits per heavy atom. The molecule has 98 valence electrons. The van der Waals surface area contributed by atoms with Gasteiger partial charge in [-0.15, -0.1) is 0 Å². The van der Waals surface area contributed by atoms with Gasteiger partial charge in [0, 0.05) is 5.56 Å². The lowest BCUT2D eigenvalue weighted by Gasteiger charge is -2.06. The summed E-state index contributed by atoms with van der Waals surface area (Å²) >= 11 is 0. The molecule has 19 heavy (non-hydrogen) atoms. The van der Waals surface area contributed by atoms with E-state index in [0.717, 1.165) is 11.1 Å². The first kappa shape index (κ1) is 13.1. The predicted octanol–water partition coefficient (Wildman–Crippen LogP) is 2.50. The van der Waals surface area contributed by atoms with Crippen molar-refractivity contribution in [2.45, 2.75) is 13.2 Å². The molecule has 0 spiro atoms. The highest BCUT2D eigenvalue weighted by atomic mass is 16.5. The van der Waals surface area contributed by atoms with Crippen LogP contribution in [0.1, 0.15) is 16.7 Å². The molecule has 4 nitrogen and oxygen atoms in total. The molecule has 2 aromatic rings. The molecule has 2 rings (SSSR count). The second kappa shape index (κ2) is 6.56. The zero-order valence-electron chi connectivity index (χ0n) is 10.5. The molecule has 0 aromatic heterocycles. The molecular weight excluding hydrogens is 240 g/mol. The van der Waals surface area contributed by atoms with E-state index in [-0.39, 0.29) is 5.84 Å². The maximum Gasteiger partial charge on any atom is 0.170 e. The zero-order valence-corrected chi connectivity index (χ0v) is 10.5. The molecule has 4 heteroatoms. The number of rotatable bonds is 5. The summed E-state index contributed by atoms with van der Waals surface area (Å²) < 4.78 is 5.63. The Balaban J connectivity index is 1.93. The Kier molecular flexibility index (Phi) is 4.53. The number of nitrogens with zero attached hydrogens (tertiary/aromatic N) is 1. The summed E-state index contributed by atoms with van der Waals surface area (Å²) in [5, 5.41) is 11.6. The third kappa shape index (κ3) is 3.82. The average Bonchev–Trinajstić information content (AvgIpc) is 2.48. The van der Waals surface area contributed by atoms with Gasteiger partial charge in [-0.2, -0.15) is 0 Å². The van der Waals surface area contributed by atoms with Crippen LogP contribution in [0.15, 0.2) is 59.8 Å². The van der Waals surface area contributed by atoms with Crippen molar-refractivity contribution in [1.82, 2.24) is 0 Å². The number of benzene rings is 2. The highest BCUT2D eigenvalue weighted by Crippen LogP contribution is 2.08. The lowest BCUT2D eigenvalue weighted by Crippen LogP contribution is -2.13. The second-order valence-electron chi connectivity index (χ2n) is 4.16. The molecule has 0 aliphatic carbocycles. The SMILES string of the molecule is N/C(=N\O)c1cccc(COCc2ccccc2)c1. The molecule has 0 aliphatic rings. The lowest BCUT2D eigenvalue weighted by molar-refractivity contribution is 0.107. The van der Waals surface area contributed by atoms with Crippen LogP contribution in [0.25, 0.3) is 0 Å². The summed E-state index contributed by atoms with van der Waals surface area (Å²) in [6, 6.07) is 17.4. The fraction of sp³-hybridized carbons (Fsp3) is 0.133. The third-order valence-electron chi connectivity index (χ3n) is 2.71. The normalized spacial score (nSPS) is 11.5. The minimum atomic E-state index is 0.102. The molecule has 0 aliphatic heterocycles. The lowest BCUT2D eigenvalue weighted by atomic mass is 10.1. The number of amidine groups is 1. The molecule has 0 saturated heterocycles. The first-order valence-corrected chi connectivity index (χ1v) is 5.98. The van der Waals surface area contributed by atoms with Crippen molar-refractivity contribution < 1.29 is 9.94 Å². The number of oxime groups is 1. The van der Waals surface area contributed by atoms with Crippen molar-refractivity contribution >= 4 is 5.84 Å². The molecule has 0 bridgehead atoms. The monoisotopic (exact) mass is 256 g/mol. The van der Waals surface area contributed by atoms with Crippen molar-refractivity contribution in [3.8, 4) is 0 Å². The van der Waals surface area contributed by atoms with Crippen LogP contribution < -0.4 is 5.73 Å². The van der Waals surface area contributed by atoms with E-state index in [1.807, 2.05) is 48.5 Å². The van der Waals surface area contributed by atoms with Gasteiger partial charge in [-0.3, -0.25) is 0 Å². The van der Waals surface area contributed by atoms with E-state index in [1.165, 1.54) is 0 Å². The molecule has 0 unspecified atom stereocenters. The number of nitrogens with two attached hydrogens (primary N) is 1. The third-order valence-corrected chi connectivity index (χ3v) is 2.71. The molecule has 0 amide bonds. The molecule has 2 aromatic carbocycles. The van der Waals surface area contributed by atoms with E-state index >= 15 is 0 Å². The van der Waals surface area contributed by atoms with E-state index in [2.05, 4.69) is 5.16 Å². The van der Waals surface area contributed by atoms with E-state index < -0.39 is 0 Å². The first-order valence-electron chi connectivity index (χ1n) is 5.98. The van der Waals surface area contributed by atoms with Crippen molar-refractivity contribution in [2.75, 3.05) is 0 Å². The quantitative estimate of drug-likeness (QED) is 0.374. The fourth-order valence-electron chi connectivity index (χ4n) is 1.74. The van der Waals surface area contributed by atoms with Crippen molar-refractivity contribution in [3.63, 3.8) is 0 Å². The summed E-state index contributed by atoms with van der Waals surface area (Å²) in [4.78, 5) is 0. The number of hydrogen-bond acceptors (Lipinski definition) is 3. The van der Waals surface area contributed by atoms with Gasteiger partial charge in [-0.25, -0.2) is 0 Å². The molecular formula is C15H16N2O2. The van der Waals surface area contributed by atoms with E-state index in [9.17, 15) is 0 Å². The van der Waals surface area contributed by atoms with Gasteiger partial charge in [0.1, 0.15) is 0 Å². The smallest absolute Gasteiger partial charge is 0.170 e. The van der Waals surface area contributed by atoms with Gasteiger partial charge in [0.2, 0.25) is 0 Å². The Hall–Kier alpha value is -2.33. The highest BCUT2D eigenvalue weighted by Gasteiger charge is 2.01. The molecule has 0 radical (unpaired) electrons. The number of hydrogen-bond donors (Lipinski definition) is 2. The van der Waals surface area contributed by atoms with Crippen LogP contribution in [0.2, 0.25) is 0 Å². The molecule has 0 heterocycles. The summed E-state index contributed by atoms with van der Waals surface area (Å²) in [6.07, 6.45) is 0. The van der Waals surface area contributed by atoms with Crippen LogP contribution in [0.5, 0.6) is 0 Å². The van der Waals surface area contributed by atoms with Crippen molar-refractivity contribution in [2.24, 2.45) is 10.9 Å². The Morgan fingerprint density at radius 1 is 1.00 bits per heavy atom. The van der Waals surface area contributed by atoms with Crippen LogP contribution in [0, 0.1) is 0 Å². The summed E-state index contributed by atoms with van der Waals surface area (Å²) in [5.74, 6) is 0.102. The highest BCUT2D eigenvalue weighted by molar-refractivity contribution is 5.97. The van der Waals surface area contributed by atoms with Gasteiger partial charge >= 0.3 is 0 Å². The molecule has 0 fully saturated rings. The van der Waals surface area contributed by atoms with Crippen LogP contribution in [0.4, 0.5) is 0 Å². The Bertz CT molecular complexity index is 553. The van der Waals surface area contributed by atoms with Crippen molar-refractivity contribution in [3.05, 3.63) is 71.3 Å². The Morgan fingerprint density at radius 3 is 2.42 bits per heavy atom. The van der Waals surface area contributed by atoms with E-state index in [4.69, 9.17) is 15.7 Å². The topological polar surface area (TPSA) is 67.8 Å². The molecule has 3 N–H and O–H groups in total. The summed E-state index contributed by atoms with van der Waals surface area (Å²) in [6.45, 7) is 1.05. The maximum absolute atomic E-state index is 8.64. The standard InChI is InChI=1S/C15H16N2O2/c16-15(17-18)14-8-4-7-13(9-14)11-19-10-12-5-2-1-3-6-12/h1-9,18H,10-11H2,(H2,16,17). The maximum atomic E-state index is 8.64. The van der Waals surface area contributed by atoms with Crippen LogP contribution in [-0.2, 0) is 18.0 Å². The average molecular weight is 256 g/mol. The zero-order chi connectivity index (χ0) is 13.5. The summed E-state index contributed by atoms with van der Waals surface area (Å²) in [5.41, 5.74) is 8.35. The summed E-state index contributed by atoms with van der Waals surface area (Å²) in [7, 11) is 0. The van der Waals surface area contributed by atoms with E-state index in [1.54, 1.807) is 6.07 Å². The molecule has 0 atom stereocenters. The van der Waals surface area contributed by atoms with Gasteiger partial charge in [-0.1, -0.05) is 53.7 Å². The van der Waals surface area contributed by atoms with Gasteiger partial charge in [0.25, 0.3) is 0 Å². The second-order valence-corrected chi connectivity index (χ2v) is 4.16. The van der Waals surface area contributed by atoms with Gasteiger partial charge in [0.15, 0.2) is 5.84 Å².